The van der Waals surface area contributed by atoms with Gasteiger partial charge in [0.15, 0.2) is 0 Å². The molecule has 0 aliphatic carbocycles. The minimum atomic E-state index is -0.0820. The molecule has 106 valence electrons. The monoisotopic (exact) mass is 283 g/mol. The topological polar surface area (TPSA) is 45.2 Å². The lowest BCUT2D eigenvalue weighted by molar-refractivity contribution is 0.0746. The van der Waals surface area contributed by atoms with Crippen LogP contribution in [0.25, 0.3) is 0 Å². The quantitative estimate of drug-likeness (QED) is 0.922. The first kappa shape index (κ1) is 15.8. The number of nitrogens with zero attached hydrogens (tertiary/aromatic N) is 2. The van der Waals surface area contributed by atoms with Gasteiger partial charge in [-0.1, -0.05) is 32.4 Å². The third-order valence-electron chi connectivity index (χ3n) is 2.50. The first-order chi connectivity index (χ1) is 8.74. The van der Waals surface area contributed by atoms with Gasteiger partial charge < -0.3 is 10.2 Å². The molecule has 0 spiro atoms. The van der Waals surface area contributed by atoms with Gasteiger partial charge in [0.2, 0.25) is 0 Å². The Labute approximate surface area is 120 Å². The number of aromatic nitrogens is 1. The van der Waals surface area contributed by atoms with Gasteiger partial charge in [-0.15, -0.1) is 0 Å². The summed E-state index contributed by atoms with van der Waals surface area (Å²) in [6, 6.07) is 1.70. The van der Waals surface area contributed by atoms with Crippen LogP contribution < -0.4 is 5.32 Å². The Morgan fingerprint density at radius 3 is 2.63 bits per heavy atom. The fourth-order valence-electron chi connectivity index (χ4n) is 1.87. The van der Waals surface area contributed by atoms with E-state index in [1.807, 2.05) is 6.92 Å². The predicted octanol–water partition coefficient (Wildman–Crippen LogP) is 3.28. The molecule has 1 amide bonds. The number of carbonyl (C=O) groups is 1. The smallest absolute Gasteiger partial charge is 0.255 e. The standard InChI is InChI=1S/C14H22ClN3O/c1-6-16-12-7-10(11(15)8-17-12)13(19)18(5)9-14(2,3)4/h7-8H,6,9H2,1-5H3,(H,16,17). The predicted molar refractivity (Wildman–Crippen MR) is 79.8 cm³/mol. The Kier molecular flexibility index (Phi) is 5.18. The zero-order valence-electron chi connectivity index (χ0n) is 12.2. The molecule has 0 bridgehead atoms. The molecule has 0 aromatic carbocycles. The van der Waals surface area contributed by atoms with Gasteiger partial charge in [-0.25, -0.2) is 4.98 Å². The van der Waals surface area contributed by atoms with Crippen molar-refractivity contribution in [1.82, 2.24) is 9.88 Å². The summed E-state index contributed by atoms with van der Waals surface area (Å²) in [5, 5.41) is 3.46. The van der Waals surface area contributed by atoms with Crippen molar-refractivity contribution in [2.75, 3.05) is 25.5 Å². The van der Waals surface area contributed by atoms with Crippen LogP contribution in [0.4, 0.5) is 5.82 Å². The SMILES string of the molecule is CCNc1cc(C(=O)N(C)CC(C)(C)C)c(Cl)cn1. The average molecular weight is 284 g/mol. The first-order valence-corrected chi connectivity index (χ1v) is 6.77. The van der Waals surface area contributed by atoms with Crippen LogP contribution in [0.3, 0.4) is 0 Å². The van der Waals surface area contributed by atoms with E-state index in [2.05, 4.69) is 31.1 Å². The zero-order chi connectivity index (χ0) is 14.6. The minimum Gasteiger partial charge on any atom is -0.370 e. The number of rotatable bonds is 4. The molecule has 0 aliphatic heterocycles. The maximum absolute atomic E-state index is 12.4. The molecule has 1 rings (SSSR count). The third-order valence-corrected chi connectivity index (χ3v) is 2.80. The lowest BCUT2D eigenvalue weighted by Crippen LogP contribution is -2.34. The first-order valence-electron chi connectivity index (χ1n) is 6.39. The van der Waals surface area contributed by atoms with Crippen LogP contribution in [0.5, 0.6) is 0 Å². The highest BCUT2D eigenvalue weighted by molar-refractivity contribution is 6.33. The summed E-state index contributed by atoms with van der Waals surface area (Å²) < 4.78 is 0. The van der Waals surface area contributed by atoms with Gasteiger partial charge in [0.25, 0.3) is 5.91 Å². The summed E-state index contributed by atoms with van der Waals surface area (Å²) in [4.78, 5) is 18.2. The van der Waals surface area contributed by atoms with Crippen LogP contribution in [0.1, 0.15) is 38.1 Å². The highest BCUT2D eigenvalue weighted by atomic mass is 35.5. The molecule has 5 heteroatoms. The van der Waals surface area contributed by atoms with Gasteiger partial charge in [-0.2, -0.15) is 0 Å². The molecule has 19 heavy (non-hydrogen) atoms. The van der Waals surface area contributed by atoms with E-state index in [1.165, 1.54) is 6.20 Å². The molecule has 1 N–H and O–H groups in total. The zero-order valence-corrected chi connectivity index (χ0v) is 13.0. The van der Waals surface area contributed by atoms with Crippen molar-refractivity contribution >= 4 is 23.3 Å². The van der Waals surface area contributed by atoms with Crippen LogP contribution in [0.2, 0.25) is 5.02 Å². The highest BCUT2D eigenvalue weighted by Crippen LogP contribution is 2.21. The van der Waals surface area contributed by atoms with Crippen LogP contribution >= 0.6 is 11.6 Å². The maximum Gasteiger partial charge on any atom is 0.255 e. The van der Waals surface area contributed by atoms with E-state index in [9.17, 15) is 4.79 Å². The number of amides is 1. The summed E-state index contributed by atoms with van der Waals surface area (Å²) in [6.07, 6.45) is 1.51. The summed E-state index contributed by atoms with van der Waals surface area (Å²) in [6.45, 7) is 9.67. The number of carbonyl (C=O) groups excluding carboxylic acids is 1. The van der Waals surface area contributed by atoms with Crippen molar-refractivity contribution in [3.05, 3.63) is 22.8 Å². The van der Waals surface area contributed by atoms with Crippen molar-refractivity contribution < 1.29 is 4.79 Å². The van der Waals surface area contributed by atoms with E-state index in [0.29, 0.717) is 22.9 Å². The fourth-order valence-corrected chi connectivity index (χ4v) is 2.05. The minimum absolute atomic E-state index is 0.0500. The molecule has 0 fully saturated rings. The van der Waals surface area contributed by atoms with E-state index in [1.54, 1.807) is 18.0 Å². The molecule has 0 saturated carbocycles. The van der Waals surface area contributed by atoms with Crippen LogP contribution in [-0.2, 0) is 0 Å². The molecular weight excluding hydrogens is 262 g/mol. The largest absolute Gasteiger partial charge is 0.370 e. The molecule has 0 saturated heterocycles. The van der Waals surface area contributed by atoms with Gasteiger partial charge in [0.1, 0.15) is 5.82 Å². The second-order valence-electron chi connectivity index (χ2n) is 5.80. The van der Waals surface area contributed by atoms with E-state index >= 15 is 0 Å². The summed E-state index contributed by atoms with van der Waals surface area (Å²) in [7, 11) is 1.79. The third kappa shape index (κ3) is 4.71. The molecule has 1 heterocycles. The highest BCUT2D eigenvalue weighted by Gasteiger charge is 2.21. The van der Waals surface area contributed by atoms with Gasteiger partial charge in [-0.3, -0.25) is 4.79 Å². The average Bonchev–Trinajstić information content (AvgIpc) is 2.29. The number of nitrogens with one attached hydrogen (secondary N) is 1. The second-order valence-corrected chi connectivity index (χ2v) is 6.21. The van der Waals surface area contributed by atoms with E-state index in [0.717, 1.165) is 6.54 Å². The number of anilines is 1. The molecule has 1 aromatic heterocycles. The van der Waals surface area contributed by atoms with E-state index in [4.69, 9.17) is 11.6 Å². The lowest BCUT2D eigenvalue weighted by Gasteiger charge is -2.27. The number of halogens is 1. The Balaban J connectivity index is 2.95. The normalized spacial score (nSPS) is 11.3. The second kappa shape index (κ2) is 6.24. The van der Waals surface area contributed by atoms with Crippen molar-refractivity contribution in [3.63, 3.8) is 0 Å². The van der Waals surface area contributed by atoms with E-state index in [-0.39, 0.29) is 11.3 Å². The molecule has 0 radical (unpaired) electrons. The number of pyridine rings is 1. The molecule has 1 aromatic rings. The molecule has 0 atom stereocenters. The van der Waals surface area contributed by atoms with Crippen LogP contribution in [0.15, 0.2) is 12.3 Å². The van der Waals surface area contributed by atoms with Crippen LogP contribution in [-0.4, -0.2) is 35.9 Å². The molecule has 0 aliphatic rings. The van der Waals surface area contributed by atoms with Crippen LogP contribution in [0, 0.1) is 5.41 Å². The van der Waals surface area contributed by atoms with Crippen molar-refractivity contribution in [3.8, 4) is 0 Å². The Hall–Kier alpha value is -1.29. The van der Waals surface area contributed by atoms with Gasteiger partial charge in [-0.05, 0) is 18.4 Å². The maximum atomic E-state index is 12.4. The molecule has 0 unspecified atom stereocenters. The molecular formula is C14H22ClN3O. The van der Waals surface area contributed by atoms with Gasteiger partial charge in [0.05, 0.1) is 10.6 Å². The number of hydrogen-bond acceptors (Lipinski definition) is 3. The lowest BCUT2D eigenvalue weighted by atomic mass is 9.96. The summed E-state index contributed by atoms with van der Waals surface area (Å²) >= 11 is 6.07. The van der Waals surface area contributed by atoms with E-state index < -0.39 is 0 Å². The summed E-state index contributed by atoms with van der Waals surface area (Å²) in [5.41, 5.74) is 0.536. The Morgan fingerprint density at radius 2 is 2.11 bits per heavy atom. The summed E-state index contributed by atoms with van der Waals surface area (Å²) in [5.74, 6) is 0.584. The van der Waals surface area contributed by atoms with Crippen molar-refractivity contribution in [2.45, 2.75) is 27.7 Å². The Bertz CT molecular complexity index is 454. The van der Waals surface area contributed by atoms with Crippen molar-refractivity contribution in [2.24, 2.45) is 5.41 Å². The molecule has 4 nitrogen and oxygen atoms in total. The Morgan fingerprint density at radius 1 is 1.47 bits per heavy atom. The number of hydrogen-bond donors (Lipinski definition) is 1. The van der Waals surface area contributed by atoms with Gasteiger partial charge in [0, 0.05) is 26.3 Å². The van der Waals surface area contributed by atoms with Gasteiger partial charge >= 0.3 is 0 Å². The van der Waals surface area contributed by atoms with Crippen molar-refractivity contribution in [1.29, 1.82) is 0 Å². The fraction of sp³-hybridized carbons (Fsp3) is 0.571.